The molecular weight excluding hydrogens is 254 g/mol. The molecule has 5 heteroatoms. The van der Waals surface area contributed by atoms with E-state index in [1.165, 1.54) is 6.07 Å². The maximum absolute atomic E-state index is 11.1. The van der Waals surface area contributed by atoms with Crippen molar-refractivity contribution in [3.8, 4) is 11.3 Å². The molecule has 0 N–H and O–H groups in total. The average molecular weight is 265 g/mol. The summed E-state index contributed by atoms with van der Waals surface area (Å²) in [4.78, 5) is 19.5. The molecule has 5 nitrogen and oxygen atoms in total. The molecule has 98 valence electrons. The van der Waals surface area contributed by atoms with Gasteiger partial charge in [-0.15, -0.1) is 0 Å². The lowest BCUT2D eigenvalue weighted by Gasteiger charge is -2.05. The largest absolute Gasteiger partial charge is 0.278 e. The predicted octanol–water partition coefficient (Wildman–Crippen LogP) is 3.51. The minimum Gasteiger partial charge on any atom is -0.258 e. The Morgan fingerprint density at radius 3 is 2.70 bits per heavy atom. The van der Waals surface area contributed by atoms with E-state index in [-0.39, 0.29) is 5.69 Å². The van der Waals surface area contributed by atoms with Crippen LogP contribution < -0.4 is 0 Å². The molecule has 0 saturated carbocycles. The number of nitrogens with zero attached hydrogens (tertiary/aromatic N) is 3. The lowest BCUT2D eigenvalue weighted by molar-refractivity contribution is -0.384. The van der Waals surface area contributed by atoms with Crippen LogP contribution in [0.25, 0.3) is 22.3 Å². The van der Waals surface area contributed by atoms with Crippen LogP contribution in [0.15, 0.2) is 48.7 Å². The molecule has 1 heterocycles. The fraction of sp³-hybridized carbons (Fsp3) is 0.0667. The number of para-hydroxylation sites is 2. The summed E-state index contributed by atoms with van der Waals surface area (Å²) in [5.74, 6) is 0. The minimum atomic E-state index is -0.404. The second kappa shape index (κ2) is 4.70. The molecule has 0 unspecified atom stereocenters. The third kappa shape index (κ3) is 1.99. The van der Waals surface area contributed by atoms with Crippen molar-refractivity contribution < 1.29 is 4.92 Å². The lowest BCUT2D eigenvalue weighted by Crippen LogP contribution is -1.95. The highest BCUT2D eigenvalue weighted by Crippen LogP contribution is 2.28. The maximum Gasteiger partial charge on any atom is 0.278 e. The van der Waals surface area contributed by atoms with Crippen molar-refractivity contribution in [2.45, 2.75) is 6.92 Å². The SMILES string of the molecule is Cc1cccc2ncc(-c3ccccc3[N+](=O)[O-])nc12. The molecule has 0 fully saturated rings. The average Bonchev–Trinajstić information content (AvgIpc) is 2.47. The van der Waals surface area contributed by atoms with Gasteiger partial charge in [0.15, 0.2) is 0 Å². The van der Waals surface area contributed by atoms with Crippen LogP contribution >= 0.6 is 0 Å². The summed E-state index contributed by atoms with van der Waals surface area (Å²) in [5, 5.41) is 11.1. The highest BCUT2D eigenvalue weighted by Gasteiger charge is 2.16. The zero-order valence-electron chi connectivity index (χ0n) is 10.8. The van der Waals surface area contributed by atoms with E-state index in [0.717, 1.165) is 16.6 Å². The molecule has 2 aromatic carbocycles. The van der Waals surface area contributed by atoms with Gasteiger partial charge >= 0.3 is 0 Å². The van der Waals surface area contributed by atoms with Crippen molar-refractivity contribution in [2.24, 2.45) is 0 Å². The normalized spacial score (nSPS) is 10.7. The first-order valence-electron chi connectivity index (χ1n) is 6.13. The predicted molar refractivity (Wildman–Crippen MR) is 76.4 cm³/mol. The second-order valence-corrected chi connectivity index (χ2v) is 4.47. The van der Waals surface area contributed by atoms with Gasteiger partial charge in [-0.05, 0) is 24.6 Å². The Balaban J connectivity index is 2.25. The van der Waals surface area contributed by atoms with E-state index in [4.69, 9.17) is 0 Å². The number of rotatable bonds is 2. The molecule has 0 aliphatic rings. The zero-order valence-corrected chi connectivity index (χ0v) is 10.8. The molecule has 1 aromatic heterocycles. The summed E-state index contributed by atoms with van der Waals surface area (Å²) in [6.45, 7) is 1.94. The fourth-order valence-electron chi connectivity index (χ4n) is 2.15. The molecule has 3 rings (SSSR count). The summed E-state index contributed by atoms with van der Waals surface area (Å²) in [7, 11) is 0. The standard InChI is InChI=1S/C15H11N3O2/c1-10-5-4-7-12-15(10)17-13(9-16-12)11-6-2-3-8-14(11)18(19)20/h2-9H,1H3. The van der Waals surface area contributed by atoms with E-state index in [1.807, 2.05) is 25.1 Å². The molecule has 3 aromatic rings. The van der Waals surface area contributed by atoms with Crippen LogP contribution in [0.3, 0.4) is 0 Å². The minimum absolute atomic E-state index is 0.0368. The van der Waals surface area contributed by atoms with Gasteiger partial charge in [0.05, 0.1) is 33.4 Å². The summed E-state index contributed by atoms with van der Waals surface area (Å²) < 4.78 is 0. The summed E-state index contributed by atoms with van der Waals surface area (Å²) in [5.41, 5.74) is 3.58. The molecule has 0 aliphatic heterocycles. The van der Waals surface area contributed by atoms with Crippen LogP contribution in [0.1, 0.15) is 5.56 Å². The second-order valence-electron chi connectivity index (χ2n) is 4.47. The van der Waals surface area contributed by atoms with E-state index in [0.29, 0.717) is 11.3 Å². The Morgan fingerprint density at radius 1 is 1.10 bits per heavy atom. The number of fused-ring (bicyclic) bond motifs is 1. The van der Waals surface area contributed by atoms with E-state index in [9.17, 15) is 10.1 Å². The molecule has 0 bridgehead atoms. The Bertz CT molecular complexity index is 815. The van der Waals surface area contributed by atoms with Gasteiger partial charge in [0.1, 0.15) is 0 Å². The molecule has 0 atom stereocenters. The van der Waals surface area contributed by atoms with Crippen molar-refractivity contribution in [3.63, 3.8) is 0 Å². The Morgan fingerprint density at radius 2 is 1.90 bits per heavy atom. The molecule has 0 aliphatic carbocycles. The van der Waals surface area contributed by atoms with Crippen molar-refractivity contribution >= 4 is 16.7 Å². The molecule has 20 heavy (non-hydrogen) atoms. The van der Waals surface area contributed by atoms with Crippen LogP contribution in [0, 0.1) is 17.0 Å². The van der Waals surface area contributed by atoms with Crippen molar-refractivity contribution in [2.75, 3.05) is 0 Å². The molecular formula is C15H11N3O2. The van der Waals surface area contributed by atoms with E-state index < -0.39 is 4.92 Å². The van der Waals surface area contributed by atoms with E-state index in [2.05, 4.69) is 9.97 Å². The quantitative estimate of drug-likeness (QED) is 0.525. The van der Waals surface area contributed by atoms with Gasteiger partial charge in [-0.1, -0.05) is 24.3 Å². The van der Waals surface area contributed by atoms with Gasteiger partial charge < -0.3 is 0 Å². The number of aryl methyl sites for hydroxylation is 1. The number of benzene rings is 2. The molecule has 0 amide bonds. The van der Waals surface area contributed by atoms with Crippen molar-refractivity contribution in [1.29, 1.82) is 0 Å². The molecule has 0 spiro atoms. The first-order valence-corrected chi connectivity index (χ1v) is 6.13. The topological polar surface area (TPSA) is 68.9 Å². The Hall–Kier alpha value is -2.82. The van der Waals surface area contributed by atoms with Gasteiger partial charge in [0.25, 0.3) is 5.69 Å². The first-order chi connectivity index (χ1) is 9.66. The van der Waals surface area contributed by atoms with Crippen LogP contribution in [-0.2, 0) is 0 Å². The van der Waals surface area contributed by atoms with Gasteiger partial charge in [-0.3, -0.25) is 15.1 Å². The van der Waals surface area contributed by atoms with Crippen LogP contribution in [-0.4, -0.2) is 14.9 Å². The Labute approximate surface area is 115 Å². The third-order valence-corrected chi connectivity index (χ3v) is 3.15. The number of hydrogen-bond acceptors (Lipinski definition) is 4. The number of hydrogen-bond donors (Lipinski definition) is 0. The smallest absolute Gasteiger partial charge is 0.258 e. The van der Waals surface area contributed by atoms with Crippen LogP contribution in [0.5, 0.6) is 0 Å². The van der Waals surface area contributed by atoms with E-state index in [1.54, 1.807) is 24.4 Å². The van der Waals surface area contributed by atoms with Gasteiger partial charge in [-0.25, -0.2) is 4.98 Å². The zero-order chi connectivity index (χ0) is 14.1. The Kier molecular flexibility index (Phi) is 2.87. The first kappa shape index (κ1) is 12.2. The summed E-state index contributed by atoms with van der Waals surface area (Å²) >= 11 is 0. The number of nitro groups is 1. The summed E-state index contributed by atoms with van der Waals surface area (Å²) in [6, 6.07) is 12.3. The van der Waals surface area contributed by atoms with Gasteiger partial charge in [0, 0.05) is 6.07 Å². The summed E-state index contributed by atoms with van der Waals surface area (Å²) in [6.07, 6.45) is 1.57. The van der Waals surface area contributed by atoms with Gasteiger partial charge in [-0.2, -0.15) is 0 Å². The molecule has 0 saturated heterocycles. The number of nitro benzene ring substituents is 1. The van der Waals surface area contributed by atoms with Crippen molar-refractivity contribution in [1.82, 2.24) is 9.97 Å². The van der Waals surface area contributed by atoms with Crippen molar-refractivity contribution in [3.05, 3.63) is 64.3 Å². The van der Waals surface area contributed by atoms with E-state index >= 15 is 0 Å². The lowest BCUT2D eigenvalue weighted by atomic mass is 10.1. The fourth-order valence-corrected chi connectivity index (χ4v) is 2.15. The monoisotopic (exact) mass is 265 g/mol. The third-order valence-electron chi connectivity index (χ3n) is 3.15. The van der Waals surface area contributed by atoms with Gasteiger partial charge in [0.2, 0.25) is 0 Å². The highest BCUT2D eigenvalue weighted by atomic mass is 16.6. The molecule has 0 radical (unpaired) electrons. The highest BCUT2D eigenvalue weighted by molar-refractivity contribution is 5.81. The number of aromatic nitrogens is 2. The maximum atomic E-state index is 11.1. The van der Waals surface area contributed by atoms with Crippen LogP contribution in [0.4, 0.5) is 5.69 Å². The van der Waals surface area contributed by atoms with Crippen LogP contribution in [0.2, 0.25) is 0 Å².